The molecule has 0 heterocycles. The smallest absolute Gasteiger partial charge is 0.382 e. The van der Waals surface area contributed by atoms with Gasteiger partial charge in [0.2, 0.25) is 0 Å². The van der Waals surface area contributed by atoms with Gasteiger partial charge in [0.15, 0.2) is 0 Å². The van der Waals surface area contributed by atoms with Gasteiger partial charge in [-0.15, -0.1) is 0 Å². The minimum absolute atomic E-state index is 0.0777. The average molecular weight is 302 g/mol. The van der Waals surface area contributed by atoms with Crippen LogP contribution in [0.2, 0.25) is 0 Å². The molecule has 1 rings (SSSR count). The standard InChI is InChI=1S/C15H21F3N2O/c1-4-9-20(10-15(16,17)18)14(21)12-7-5-6-8-13(12)19-11(2)3/h5-8,11,19H,4,9-10H2,1-3H3. The minimum atomic E-state index is -4.40. The van der Waals surface area contributed by atoms with Crippen molar-refractivity contribution in [1.29, 1.82) is 0 Å². The molecule has 0 saturated heterocycles. The van der Waals surface area contributed by atoms with Crippen LogP contribution in [0.5, 0.6) is 0 Å². The lowest BCUT2D eigenvalue weighted by Gasteiger charge is -2.25. The lowest BCUT2D eigenvalue weighted by Crippen LogP contribution is -2.39. The second-order valence-electron chi connectivity index (χ2n) is 5.19. The van der Waals surface area contributed by atoms with Gasteiger partial charge in [0.25, 0.3) is 5.91 Å². The van der Waals surface area contributed by atoms with Crippen molar-refractivity contribution >= 4 is 11.6 Å². The van der Waals surface area contributed by atoms with Gasteiger partial charge in [0.05, 0.1) is 5.56 Å². The van der Waals surface area contributed by atoms with Gasteiger partial charge < -0.3 is 10.2 Å². The van der Waals surface area contributed by atoms with E-state index in [4.69, 9.17) is 0 Å². The first-order valence-electron chi connectivity index (χ1n) is 6.96. The molecule has 3 nitrogen and oxygen atoms in total. The van der Waals surface area contributed by atoms with E-state index in [1.165, 1.54) is 0 Å². The summed E-state index contributed by atoms with van der Waals surface area (Å²) in [6.07, 6.45) is -3.92. The Balaban J connectivity index is 3.03. The number of amides is 1. The summed E-state index contributed by atoms with van der Waals surface area (Å²) in [5.41, 5.74) is 0.824. The number of hydrogen-bond acceptors (Lipinski definition) is 2. The van der Waals surface area contributed by atoms with Crippen LogP contribution in [0, 0.1) is 0 Å². The van der Waals surface area contributed by atoms with Crippen molar-refractivity contribution in [2.45, 2.75) is 39.4 Å². The molecule has 0 bridgehead atoms. The van der Waals surface area contributed by atoms with Crippen LogP contribution in [0.1, 0.15) is 37.6 Å². The molecule has 1 amide bonds. The Labute approximate surface area is 123 Å². The molecule has 1 aromatic carbocycles. The topological polar surface area (TPSA) is 32.3 Å². The number of hydrogen-bond donors (Lipinski definition) is 1. The van der Waals surface area contributed by atoms with Crippen LogP contribution < -0.4 is 5.32 Å². The van der Waals surface area contributed by atoms with E-state index in [1.54, 1.807) is 31.2 Å². The zero-order valence-electron chi connectivity index (χ0n) is 12.5. The molecule has 0 aliphatic rings. The monoisotopic (exact) mass is 302 g/mol. The average Bonchev–Trinajstić information content (AvgIpc) is 2.36. The number of carbonyl (C=O) groups is 1. The zero-order valence-corrected chi connectivity index (χ0v) is 12.5. The minimum Gasteiger partial charge on any atom is -0.382 e. The molecule has 0 saturated carbocycles. The Morgan fingerprint density at radius 1 is 1.29 bits per heavy atom. The molecule has 0 spiro atoms. The maximum atomic E-state index is 12.6. The summed E-state index contributed by atoms with van der Waals surface area (Å²) in [5.74, 6) is -0.599. The summed E-state index contributed by atoms with van der Waals surface area (Å²) < 4.78 is 37.8. The highest BCUT2D eigenvalue weighted by molar-refractivity contribution is 5.99. The fourth-order valence-corrected chi connectivity index (χ4v) is 2.02. The molecule has 6 heteroatoms. The van der Waals surface area contributed by atoms with Crippen molar-refractivity contribution in [1.82, 2.24) is 4.90 Å². The summed E-state index contributed by atoms with van der Waals surface area (Å²) in [7, 11) is 0. The number of rotatable bonds is 6. The number of halogens is 3. The molecule has 1 N–H and O–H groups in total. The molecule has 0 unspecified atom stereocenters. The highest BCUT2D eigenvalue weighted by Crippen LogP contribution is 2.22. The van der Waals surface area contributed by atoms with Crippen LogP contribution in [0.3, 0.4) is 0 Å². The van der Waals surface area contributed by atoms with E-state index in [0.717, 1.165) is 4.90 Å². The number of nitrogens with one attached hydrogen (secondary N) is 1. The van der Waals surface area contributed by atoms with Gasteiger partial charge in [-0.3, -0.25) is 4.79 Å². The first-order chi connectivity index (χ1) is 9.74. The molecule has 118 valence electrons. The normalized spacial score (nSPS) is 11.6. The fraction of sp³-hybridized carbons (Fsp3) is 0.533. The van der Waals surface area contributed by atoms with Gasteiger partial charge in [-0.1, -0.05) is 19.1 Å². The lowest BCUT2D eigenvalue weighted by molar-refractivity contribution is -0.140. The van der Waals surface area contributed by atoms with E-state index in [2.05, 4.69) is 5.32 Å². The summed E-state index contributed by atoms with van der Waals surface area (Å²) >= 11 is 0. The third-order valence-corrected chi connectivity index (χ3v) is 2.75. The summed E-state index contributed by atoms with van der Waals surface area (Å²) in [4.78, 5) is 13.2. The number of carbonyl (C=O) groups excluding carboxylic acids is 1. The molecular formula is C15H21F3N2O. The molecule has 0 fully saturated rings. The van der Waals surface area contributed by atoms with Crippen LogP contribution in [0.15, 0.2) is 24.3 Å². The van der Waals surface area contributed by atoms with Gasteiger partial charge in [-0.2, -0.15) is 13.2 Å². The second kappa shape index (κ2) is 7.33. The molecule has 0 atom stereocenters. The predicted molar refractivity (Wildman–Crippen MR) is 77.5 cm³/mol. The van der Waals surface area contributed by atoms with Crippen LogP contribution in [0.4, 0.5) is 18.9 Å². The SMILES string of the molecule is CCCN(CC(F)(F)F)C(=O)c1ccccc1NC(C)C. The Kier molecular flexibility index (Phi) is 6.05. The molecule has 0 aliphatic carbocycles. The molecule has 0 aromatic heterocycles. The Bertz CT molecular complexity index is 472. The molecule has 21 heavy (non-hydrogen) atoms. The van der Waals surface area contributed by atoms with E-state index < -0.39 is 18.6 Å². The van der Waals surface area contributed by atoms with Crippen LogP contribution >= 0.6 is 0 Å². The molecular weight excluding hydrogens is 281 g/mol. The van der Waals surface area contributed by atoms with Crippen molar-refractivity contribution < 1.29 is 18.0 Å². The Morgan fingerprint density at radius 2 is 1.90 bits per heavy atom. The van der Waals surface area contributed by atoms with Gasteiger partial charge in [-0.25, -0.2) is 0 Å². The van der Waals surface area contributed by atoms with E-state index >= 15 is 0 Å². The number of benzene rings is 1. The lowest BCUT2D eigenvalue weighted by atomic mass is 10.1. The third kappa shape index (κ3) is 5.65. The molecule has 0 radical (unpaired) electrons. The summed E-state index contributed by atoms with van der Waals surface area (Å²) in [6.45, 7) is 4.40. The van der Waals surface area contributed by atoms with Gasteiger partial charge in [-0.05, 0) is 32.4 Å². The largest absolute Gasteiger partial charge is 0.406 e. The van der Waals surface area contributed by atoms with Crippen LogP contribution in [-0.4, -0.2) is 36.1 Å². The Morgan fingerprint density at radius 3 is 2.43 bits per heavy atom. The number of para-hydroxylation sites is 1. The van der Waals surface area contributed by atoms with Crippen molar-refractivity contribution in [2.24, 2.45) is 0 Å². The van der Waals surface area contributed by atoms with Crippen molar-refractivity contribution in [3.63, 3.8) is 0 Å². The van der Waals surface area contributed by atoms with Gasteiger partial charge >= 0.3 is 6.18 Å². The van der Waals surface area contributed by atoms with Gasteiger partial charge in [0.1, 0.15) is 6.54 Å². The van der Waals surface area contributed by atoms with Crippen LogP contribution in [-0.2, 0) is 0 Å². The predicted octanol–water partition coefficient (Wildman–Crippen LogP) is 3.92. The second-order valence-corrected chi connectivity index (χ2v) is 5.19. The third-order valence-electron chi connectivity index (χ3n) is 2.75. The highest BCUT2D eigenvalue weighted by Gasteiger charge is 2.33. The van der Waals surface area contributed by atoms with Crippen LogP contribution in [0.25, 0.3) is 0 Å². The number of anilines is 1. The highest BCUT2D eigenvalue weighted by atomic mass is 19.4. The van der Waals surface area contributed by atoms with E-state index in [9.17, 15) is 18.0 Å². The van der Waals surface area contributed by atoms with Crippen molar-refractivity contribution in [3.8, 4) is 0 Å². The summed E-state index contributed by atoms with van der Waals surface area (Å²) in [6, 6.07) is 6.73. The Hall–Kier alpha value is -1.72. The van der Waals surface area contributed by atoms with Crippen molar-refractivity contribution in [3.05, 3.63) is 29.8 Å². The van der Waals surface area contributed by atoms with E-state index in [1.807, 2.05) is 13.8 Å². The first-order valence-corrected chi connectivity index (χ1v) is 6.96. The quantitative estimate of drug-likeness (QED) is 0.863. The van der Waals surface area contributed by atoms with E-state index in [0.29, 0.717) is 12.1 Å². The fourth-order valence-electron chi connectivity index (χ4n) is 2.02. The number of alkyl halides is 3. The zero-order chi connectivity index (χ0) is 16.0. The summed E-state index contributed by atoms with van der Waals surface area (Å²) in [5, 5.41) is 3.09. The molecule has 0 aliphatic heterocycles. The first kappa shape index (κ1) is 17.3. The van der Waals surface area contributed by atoms with E-state index in [-0.39, 0.29) is 18.2 Å². The number of nitrogens with zero attached hydrogens (tertiary/aromatic N) is 1. The van der Waals surface area contributed by atoms with Crippen molar-refractivity contribution in [2.75, 3.05) is 18.4 Å². The molecule has 1 aromatic rings. The maximum Gasteiger partial charge on any atom is 0.406 e. The van der Waals surface area contributed by atoms with Gasteiger partial charge in [0, 0.05) is 18.3 Å². The maximum absolute atomic E-state index is 12.6.